The van der Waals surface area contributed by atoms with Crippen molar-refractivity contribution in [2.24, 2.45) is 5.92 Å². The van der Waals surface area contributed by atoms with Crippen LogP contribution in [-0.2, 0) is 27.8 Å². The topological polar surface area (TPSA) is 58.6 Å². The zero-order valence-corrected chi connectivity index (χ0v) is 18.2. The highest BCUT2D eigenvalue weighted by Crippen LogP contribution is 2.50. The van der Waals surface area contributed by atoms with Crippen LogP contribution in [0.1, 0.15) is 52.7 Å². The molecule has 3 unspecified atom stereocenters. The molecule has 1 amide bonds. The number of hydrogen-bond acceptors (Lipinski definition) is 4. The fraction of sp³-hybridized carbons (Fsp3) is 0.440. The van der Waals surface area contributed by atoms with Gasteiger partial charge < -0.3 is 10.1 Å². The van der Waals surface area contributed by atoms with Crippen LogP contribution in [0.15, 0.2) is 48.5 Å². The van der Waals surface area contributed by atoms with E-state index in [2.05, 4.69) is 10.2 Å². The number of esters is 1. The van der Waals surface area contributed by atoms with Crippen LogP contribution < -0.4 is 5.32 Å². The number of alkyl halides is 3. The number of halogens is 3. The maximum Gasteiger partial charge on any atom is 0.416 e. The van der Waals surface area contributed by atoms with Crippen molar-refractivity contribution in [1.29, 1.82) is 0 Å². The molecule has 0 radical (unpaired) electrons. The third-order valence-corrected chi connectivity index (χ3v) is 7.16. The number of methoxy groups -OCH3 is 1. The lowest BCUT2D eigenvalue weighted by Crippen LogP contribution is -2.48. The summed E-state index contributed by atoms with van der Waals surface area (Å²) >= 11 is 0. The molecule has 5 rings (SSSR count). The largest absolute Gasteiger partial charge is 0.465 e. The zero-order valence-electron chi connectivity index (χ0n) is 18.2. The lowest BCUT2D eigenvalue weighted by Gasteiger charge is -2.29. The Morgan fingerprint density at radius 3 is 2.30 bits per heavy atom. The van der Waals surface area contributed by atoms with Gasteiger partial charge in [-0.1, -0.05) is 24.3 Å². The molecule has 2 aliphatic carbocycles. The third-order valence-electron chi connectivity index (χ3n) is 7.16. The van der Waals surface area contributed by atoms with Crippen LogP contribution in [0, 0.1) is 5.92 Å². The first-order valence-electron chi connectivity index (χ1n) is 11.1. The Bertz CT molecular complexity index is 1060. The summed E-state index contributed by atoms with van der Waals surface area (Å²) in [5, 5.41) is 3.23. The third kappa shape index (κ3) is 4.24. The van der Waals surface area contributed by atoms with E-state index in [1.807, 2.05) is 12.1 Å². The molecule has 33 heavy (non-hydrogen) atoms. The lowest BCUT2D eigenvalue weighted by molar-refractivity contribution is -0.137. The van der Waals surface area contributed by atoms with Gasteiger partial charge in [0.25, 0.3) is 0 Å². The number of carbonyl (C=O) groups excluding carboxylic acids is 2. The quantitative estimate of drug-likeness (QED) is 0.658. The molecule has 8 heteroatoms. The number of benzene rings is 2. The number of nitrogens with zero attached hydrogens (tertiary/aromatic N) is 1. The molecule has 1 saturated heterocycles. The zero-order chi connectivity index (χ0) is 23.4. The molecule has 3 fully saturated rings. The molecule has 2 saturated carbocycles. The second kappa shape index (κ2) is 7.87. The van der Waals surface area contributed by atoms with E-state index < -0.39 is 23.2 Å². The van der Waals surface area contributed by atoms with Crippen molar-refractivity contribution >= 4 is 11.9 Å². The number of rotatable bonds is 6. The molecule has 1 heterocycles. The number of ether oxygens (including phenoxy) is 1. The van der Waals surface area contributed by atoms with E-state index in [-0.39, 0.29) is 11.9 Å². The van der Waals surface area contributed by atoms with Crippen molar-refractivity contribution < 1.29 is 27.5 Å². The number of carbonyl (C=O) groups is 2. The Morgan fingerprint density at radius 2 is 1.73 bits per heavy atom. The SMILES string of the molecule is COC(=O)c1ccc(C2(NC(=O)C3CC4CC4N3Cc3ccc(C(F)(F)F)cc3)CC2)cc1. The molecule has 3 aliphatic rings. The van der Waals surface area contributed by atoms with Crippen LogP contribution in [0.25, 0.3) is 0 Å². The van der Waals surface area contributed by atoms with E-state index in [0.717, 1.165) is 48.9 Å². The Morgan fingerprint density at radius 1 is 1.06 bits per heavy atom. The van der Waals surface area contributed by atoms with Gasteiger partial charge in [-0.3, -0.25) is 9.69 Å². The van der Waals surface area contributed by atoms with Crippen LogP contribution in [0.4, 0.5) is 13.2 Å². The Kier molecular flexibility index (Phi) is 5.23. The van der Waals surface area contributed by atoms with Gasteiger partial charge in [0.05, 0.1) is 29.8 Å². The lowest BCUT2D eigenvalue weighted by atomic mass is 10.0. The monoisotopic (exact) mass is 458 g/mol. The van der Waals surface area contributed by atoms with E-state index in [4.69, 9.17) is 4.74 Å². The number of hydrogen-bond donors (Lipinski definition) is 1. The molecule has 0 bridgehead atoms. The van der Waals surface area contributed by atoms with Crippen LogP contribution in [-0.4, -0.2) is 36.0 Å². The minimum absolute atomic E-state index is 0.0383. The fourth-order valence-corrected chi connectivity index (χ4v) is 5.01. The van der Waals surface area contributed by atoms with Gasteiger partial charge in [0.1, 0.15) is 0 Å². The number of nitrogens with one attached hydrogen (secondary N) is 1. The number of piperidine rings is 1. The number of amides is 1. The second-order valence-corrected chi connectivity index (χ2v) is 9.32. The number of likely N-dealkylation sites (tertiary alicyclic amines) is 1. The Balaban J connectivity index is 1.27. The maximum absolute atomic E-state index is 13.3. The highest BCUT2D eigenvalue weighted by atomic mass is 19.4. The molecule has 1 N–H and O–H groups in total. The maximum atomic E-state index is 13.3. The predicted molar refractivity (Wildman–Crippen MR) is 114 cm³/mol. The first-order chi connectivity index (χ1) is 15.7. The van der Waals surface area contributed by atoms with Crippen LogP contribution >= 0.6 is 0 Å². The summed E-state index contributed by atoms with van der Waals surface area (Å²) in [7, 11) is 1.33. The van der Waals surface area contributed by atoms with Crippen molar-refractivity contribution in [3.8, 4) is 0 Å². The fourth-order valence-electron chi connectivity index (χ4n) is 5.01. The van der Waals surface area contributed by atoms with Gasteiger partial charge in [-0.25, -0.2) is 4.79 Å². The average Bonchev–Trinajstić information content (AvgIpc) is 3.72. The van der Waals surface area contributed by atoms with E-state index >= 15 is 0 Å². The van der Waals surface area contributed by atoms with Crippen LogP contribution in [0.2, 0.25) is 0 Å². The van der Waals surface area contributed by atoms with Crippen molar-refractivity contribution in [1.82, 2.24) is 10.2 Å². The molecule has 3 atom stereocenters. The highest BCUT2D eigenvalue weighted by molar-refractivity contribution is 5.89. The molecule has 5 nitrogen and oxygen atoms in total. The normalized spacial score (nSPS) is 25.3. The summed E-state index contributed by atoms with van der Waals surface area (Å²) in [6, 6.07) is 12.3. The first-order valence-corrected chi connectivity index (χ1v) is 11.1. The van der Waals surface area contributed by atoms with E-state index in [1.54, 1.807) is 12.1 Å². The van der Waals surface area contributed by atoms with E-state index in [0.29, 0.717) is 24.1 Å². The van der Waals surface area contributed by atoms with Gasteiger partial charge in [0.2, 0.25) is 5.91 Å². The minimum atomic E-state index is -4.36. The van der Waals surface area contributed by atoms with Crippen molar-refractivity contribution in [2.75, 3.05) is 7.11 Å². The van der Waals surface area contributed by atoms with Gasteiger partial charge in [-0.2, -0.15) is 13.2 Å². The van der Waals surface area contributed by atoms with E-state index in [9.17, 15) is 22.8 Å². The van der Waals surface area contributed by atoms with Gasteiger partial charge in [-0.15, -0.1) is 0 Å². The average molecular weight is 458 g/mol. The van der Waals surface area contributed by atoms with Crippen LogP contribution in [0.5, 0.6) is 0 Å². The van der Waals surface area contributed by atoms with E-state index in [1.165, 1.54) is 19.2 Å². The molecule has 1 aliphatic heterocycles. The van der Waals surface area contributed by atoms with Gasteiger partial charge in [0.15, 0.2) is 0 Å². The second-order valence-electron chi connectivity index (χ2n) is 9.32. The van der Waals surface area contributed by atoms with Gasteiger partial charge >= 0.3 is 12.1 Å². The highest BCUT2D eigenvalue weighted by Gasteiger charge is 2.55. The number of fused-ring (bicyclic) bond motifs is 1. The predicted octanol–water partition coefficient (Wildman–Crippen LogP) is 4.26. The van der Waals surface area contributed by atoms with Crippen molar-refractivity contribution in [3.05, 3.63) is 70.8 Å². The first kappa shape index (κ1) is 21.9. The van der Waals surface area contributed by atoms with Gasteiger partial charge in [-0.05, 0) is 67.0 Å². The molecular weight excluding hydrogens is 433 g/mol. The van der Waals surface area contributed by atoms with Gasteiger partial charge in [0, 0.05) is 12.6 Å². The summed E-state index contributed by atoms with van der Waals surface area (Å²) < 4.78 is 43.3. The van der Waals surface area contributed by atoms with Crippen LogP contribution in [0.3, 0.4) is 0 Å². The summed E-state index contributed by atoms with van der Waals surface area (Å²) in [6.45, 7) is 0.457. The summed E-state index contributed by atoms with van der Waals surface area (Å²) in [5.41, 5.74) is 1.11. The molecule has 0 aromatic heterocycles. The Labute approximate surface area is 189 Å². The minimum Gasteiger partial charge on any atom is -0.465 e. The van der Waals surface area contributed by atoms with Crippen molar-refractivity contribution in [3.63, 3.8) is 0 Å². The Hall–Kier alpha value is -2.87. The molecular formula is C25H25F3N2O3. The van der Waals surface area contributed by atoms with Crippen molar-refractivity contribution in [2.45, 2.75) is 56.0 Å². The summed E-state index contributed by atoms with van der Waals surface area (Å²) in [5.74, 6) is 0.0351. The summed E-state index contributed by atoms with van der Waals surface area (Å²) in [4.78, 5) is 27.1. The smallest absolute Gasteiger partial charge is 0.416 e. The molecule has 0 spiro atoms. The summed E-state index contributed by atoms with van der Waals surface area (Å²) in [6.07, 6.45) is -0.896. The standard InChI is InChI=1S/C25H25F3N2O3/c1-33-23(32)16-4-8-18(9-5-16)24(10-11-24)29-22(31)21-13-17-12-20(17)30(21)14-15-2-6-19(7-3-15)25(26,27)28/h2-9,17,20-21H,10-14H2,1H3,(H,29,31). The molecule has 2 aromatic rings. The molecule has 174 valence electrons. The molecule has 2 aromatic carbocycles.